The van der Waals surface area contributed by atoms with Crippen LogP contribution in [0.5, 0.6) is 5.75 Å². The molecule has 3 aromatic heterocycles. The van der Waals surface area contributed by atoms with Gasteiger partial charge in [-0.25, -0.2) is 4.98 Å². The summed E-state index contributed by atoms with van der Waals surface area (Å²) >= 11 is 1.49. The first-order chi connectivity index (χ1) is 13.7. The Kier molecular flexibility index (Phi) is 5.25. The first kappa shape index (κ1) is 18.4. The number of fused-ring (bicyclic) bond motifs is 1. The maximum absolute atomic E-state index is 13.2. The van der Waals surface area contributed by atoms with Crippen LogP contribution in [0.3, 0.4) is 0 Å². The van der Waals surface area contributed by atoms with E-state index in [1.54, 1.807) is 10.9 Å². The first-order valence-electron chi connectivity index (χ1n) is 9.40. The lowest BCUT2D eigenvalue weighted by Gasteiger charge is -2.06. The fourth-order valence-electron chi connectivity index (χ4n) is 3.23. The monoisotopic (exact) mass is 394 g/mol. The van der Waals surface area contributed by atoms with Gasteiger partial charge in [0.15, 0.2) is 0 Å². The van der Waals surface area contributed by atoms with E-state index in [0.29, 0.717) is 18.5 Å². The molecule has 0 aliphatic heterocycles. The van der Waals surface area contributed by atoms with Crippen LogP contribution in [-0.4, -0.2) is 25.9 Å². The van der Waals surface area contributed by atoms with Gasteiger partial charge < -0.3 is 4.74 Å². The van der Waals surface area contributed by atoms with Crippen LogP contribution in [0.4, 0.5) is 0 Å². The van der Waals surface area contributed by atoms with Crippen molar-refractivity contribution in [1.29, 1.82) is 0 Å². The van der Waals surface area contributed by atoms with Gasteiger partial charge in [-0.15, -0.1) is 11.3 Å². The highest BCUT2D eigenvalue weighted by Crippen LogP contribution is 2.31. The highest BCUT2D eigenvalue weighted by Gasteiger charge is 2.14. The molecule has 0 saturated carbocycles. The van der Waals surface area contributed by atoms with Gasteiger partial charge in [0.2, 0.25) is 0 Å². The zero-order valence-electron chi connectivity index (χ0n) is 16.0. The molecule has 28 heavy (non-hydrogen) atoms. The van der Waals surface area contributed by atoms with Crippen molar-refractivity contribution >= 4 is 21.6 Å². The second kappa shape index (κ2) is 7.98. The zero-order valence-corrected chi connectivity index (χ0v) is 16.8. The summed E-state index contributed by atoms with van der Waals surface area (Å²) < 4.78 is 9.07. The summed E-state index contributed by atoms with van der Waals surface area (Å²) in [5.41, 5.74) is 2.87. The third-order valence-corrected chi connectivity index (χ3v) is 5.42. The lowest BCUT2D eigenvalue weighted by molar-refractivity contribution is 0.340. The molecule has 0 saturated heterocycles. The van der Waals surface area contributed by atoms with Gasteiger partial charge in [0.1, 0.15) is 10.6 Å². The van der Waals surface area contributed by atoms with E-state index in [2.05, 4.69) is 17.0 Å². The molecule has 0 fully saturated rings. The van der Waals surface area contributed by atoms with Gasteiger partial charge in [-0.2, -0.15) is 5.10 Å². The predicted octanol–water partition coefficient (Wildman–Crippen LogP) is 4.18. The molecule has 0 bridgehead atoms. The van der Waals surface area contributed by atoms with Crippen molar-refractivity contribution < 1.29 is 4.74 Å². The Bertz CT molecular complexity index is 1140. The molecule has 0 unspecified atom stereocenters. The van der Waals surface area contributed by atoms with Crippen LogP contribution in [0.15, 0.2) is 53.2 Å². The van der Waals surface area contributed by atoms with Crippen LogP contribution < -0.4 is 10.3 Å². The van der Waals surface area contributed by atoms with Crippen molar-refractivity contribution in [2.24, 2.45) is 0 Å². The van der Waals surface area contributed by atoms with Crippen LogP contribution in [0.2, 0.25) is 0 Å². The molecule has 1 aromatic carbocycles. The molecule has 0 amide bonds. The molecule has 4 aromatic rings. The fraction of sp³-hybridized carbons (Fsp3) is 0.286. The number of aromatic nitrogens is 4. The van der Waals surface area contributed by atoms with Crippen LogP contribution in [-0.2, 0) is 13.1 Å². The standard InChI is InChI=1S/C21H22N4O2S/c1-3-9-25-12-15(10-23-25)11-24-14-22-20-19(21(24)26)18(13-28-20)16-5-7-17(8-6-16)27-4-2/h5-8,10,12-14H,3-4,9,11H2,1-2H3. The second-order valence-electron chi connectivity index (χ2n) is 6.58. The van der Waals surface area contributed by atoms with Crippen LogP contribution in [0, 0.1) is 0 Å². The average Bonchev–Trinajstić information content (AvgIpc) is 3.33. The minimum absolute atomic E-state index is 0.0293. The maximum Gasteiger partial charge on any atom is 0.263 e. The molecule has 144 valence electrons. The minimum atomic E-state index is -0.0293. The number of ether oxygens (including phenoxy) is 1. The largest absolute Gasteiger partial charge is 0.494 e. The van der Waals surface area contributed by atoms with Gasteiger partial charge in [0.25, 0.3) is 5.56 Å². The normalized spacial score (nSPS) is 11.2. The SMILES string of the molecule is CCCn1cc(Cn2cnc3scc(-c4ccc(OCC)cc4)c3c2=O)cn1. The summed E-state index contributed by atoms with van der Waals surface area (Å²) in [7, 11) is 0. The van der Waals surface area contributed by atoms with Crippen molar-refractivity contribution in [1.82, 2.24) is 19.3 Å². The number of rotatable bonds is 7. The van der Waals surface area contributed by atoms with E-state index in [1.165, 1.54) is 11.3 Å². The summed E-state index contributed by atoms with van der Waals surface area (Å²) in [6.07, 6.45) is 6.45. The van der Waals surface area contributed by atoms with Gasteiger partial charge in [0, 0.05) is 29.2 Å². The summed E-state index contributed by atoms with van der Waals surface area (Å²) in [6.45, 7) is 6.04. The van der Waals surface area contributed by atoms with E-state index in [4.69, 9.17) is 4.74 Å². The molecule has 6 nitrogen and oxygen atoms in total. The molecule has 3 heterocycles. The Morgan fingerprint density at radius 2 is 2.00 bits per heavy atom. The highest BCUT2D eigenvalue weighted by molar-refractivity contribution is 7.17. The number of thiophene rings is 1. The van der Waals surface area contributed by atoms with E-state index in [-0.39, 0.29) is 5.56 Å². The second-order valence-corrected chi connectivity index (χ2v) is 7.43. The van der Waals surface area contributed by atoms with Gasteiger partial charge in [-0.05, 0) is 31.0 Å². The van der Waals surface area contributed by atoms with Gasteiger partial charge in [-0.1, -0.05) is 19.1 Å². The topological polar surface area (TPSA) is 61.9 Å². The molecule has 0 spiro atoms. The Morgan fingerprint density at radius 1 is 1.18 bits per heavy atom. The summed E-state index contributed by atoms with van der Waals surface area (Å²) in [5, 5.41) is 7.01. The molecule has 0 atom stereocenters. The Balaban J connectivity index is 1.69. The van der Waals surface area contributed by atoms with E-state index in [9.17, 15) is 4.79 Å². The first-order valence-corrected chi connectivity index (χ1v) is 10.3. The van der Waals surface area contributed by atoms with Crippen molar-refractivity contribution in [3.63, 3.8) is 0 Å². The van der Waals surface area contributed by atoms with E-state index in [1.807, 2.05) is 53.6 Å². The van der Waals surface area contributed by atoms with Crippen molar-refractivity contribution in [3.05, 3.63) is 64.3 Å². The average molecular weight is 395 g/mol. The minimum Gasteiger partial charge on any atom is -0.494 e. The Hall–Kier alpha value is -2.93. The van der Waals surface area contributed by atoms with E-state index < -0.39 is 0 Å². The predicted molar refractivity (Wildman–Crippen MR) is 112 cm³/mol. The highest BCUT2D eigenvalue weighted by atomic mass is 32.1. The Morgan fingerprint density at radius 3 is 2.75 bits per heavy atom. The van der Waals surface area contributed by atoms with Gasteiger partial charge in [0.05, 0.1) is 31.1 Å². The quantitative estimate of drug-likeness (QED) is 0.472. The molecular weight excluding hydrogens is 372 g/mol. The third kappa shape index (κ3) is 3.57. The molecule has 0 aliphatic rings. The van der Waals surface area contributed by atoms with Crippen molar-refractivity contribution in [3.8, 4) is 16.9 Å². The summed E-state index contributed by atoms with van der Waals surface area (Å²) in [4.78, 5) is 18.4. The smallest absolute Gasteiger partial charge is 0.263 e. The molecule has 0 radical (unpaired) electrons. The number of benzene rings is 1. The lowest BCUT2D eigenvalue weighted by atomic mass is 10.1. The third-order valence-electron chi connectivity index (χ3n) is 4.53. The molecular formula is C21H22N4O2S. The van der Waals surface area contributed by atoms with E-state index >= 15 is 0 Å². The van der Waals surface area contributed by atoms with Crippen LogP contribution in [0.1, 0.15) is 25.8 Å². The molecule has 0 aliphatic carbocycles. The van der Waals surface area contributed by atoms with Gasteiger partial charge >= 0.3 is 0 Å². The Labute approximate surface area is 167 Å². The van der Waals surface area contributed by atoms with Crippen LogP contribution in [0.25, 0.3) is 21.3 Å². The molecule has 7 heteroatoms. The van der Waals surface area contributed by atoms with E-state index in [0.717, 1.165) is 40.2 Å². The number of aryl methyl sites for hydroxylation is 1. The molecule has 4 rings (SSSR count). The lowest BCUT2D eigenvalue weighted by Crippen LogP contribution is -2.20. The maximum atomic E-state index is 13.2. The fourth-order valence-corrected chi connectivity index (χ4v) is 4.13. The van der Waals surface area contributed by atoms with Crippen LogP contribution >= 0.6 is 11.3 Å². The van der Waals surface area contributed by atoms with Crippen molar-refractivity contribution in [2.75, 3.05) is 6.61 Å². The number of hydrogen-bond donors (Lipinski definition) is 0. The van der Waals surface area contributed by atoms with Gasteiger partial charge in [-0.3, -0.25) is 14.0 Å². The number of hydrogen-bond acceptors (Lipinski definition) is 5. The molecule has 0 N–H and O–H groups in total. The zero-order chi connectivity index (χ0) is 19.5. The summed E-state index contributed by atoms with van der Waals surface area (Å²) in [5.74, 6) is 0.824. The summed E-state index contributed by atoms with van der Waals surface area (Å²) in [6, 6.07) is 7.83. The van der Waals surface area contributed by atoms with Crippen molar-refractivity contribution in [2.45, 2.75) is 33.4 Å². The number of nitrogens with zero attached hydrogens (tertiary/aromatic N) is 4.